The minimum atomic E-state index is -0.123. The van der Waals surface area contributed by atoms with Crippen LogP contribution < -0.4 is 5.32 Å². The fraction of sp³-hybridized carbons (Fsp3) is 0.167. The van der Waals surface area contributed by atoms with Gasteiger partial charge in [-0.25, -0.2) is 4.98 Å². The molecule has 1 aromatic heterocycles. The zero-order chi connectivity index (χ0) is 12.3. The maximum atomic E-state index is 10.9. The molecule has 0 fully saturated rings. The van der Waals surface area contributed by atoms with Crippen LogP contribution in [0.15, 0.2) is 41.3 Å². The van der Waals surface area contributed by atoms with Crippen LogP contribution >= 0.6 is 15.9 Å². The first-order chi connectivity index (χ1) is 8.15. The lowest BCUT2D eigenvalue weighted by molar-refractivity contribution is -0.114. The third kappa shape index (κ3) is 3.17. The maximum absolute atomic E-state index is 10.9. The molecule has 1 heterocycles. The summed E-state index contributed by atoms with van der Waals surface area (Å²) in [6, 6.07) is 10.1. The number of benzene rings is 1. The van der Waals surface area contributed by atoms with Gasteiger partial charge in [0.05, 0.1) is 0 Å². The molecule has 0 aliphatic carbocycles. The van der Waals surface area contributed by atoms with Crippen molar-refractivity contribution >= 4 is 27.7 Å². The van der Waals surface area contributed by atoms with Gasteiger partial charge in [-0.2, -0.15) is 0 Å². The summed E-state index contributed by atoms with van der Waals surface area (Å²) in [6.07, 6.45) is 1.80. The first kappa shape index (κ1) is 11.9. The second-order valence-corrected chi connectivity index (χ2v) is 4.40. The zero-order valence-corrected chi connectivity index (χ0v) is 10.9. The van der Waals surface area contributed by atoms with Crippen LogP contribution in [0, 0.1) is 0 Å². The van der Waals surface area contributed by atoms with E-state index in [2.05, 4.69) is 26.2 Å². The number of hydrogen-bond donors (Lipinski definition) is 1. The summed E-state index contributed by atoms with van der Waals surface area (Å²) in [5.41, 5.74) is 1.18. The van der Waals surface area contributed by atoms with Crippen molar-refractivity contribution in [2.75, 3.05) is 5.32 Å². The highest BCUT2D eigenvalue weighted by Gasteiger charge is 2.06. The van der Waals surface area contributed by atoms with Gasteiger partial charge < -0.3 is 9.88 Å². The molecular formula is C12H12BrN3O. The third-order valence-electron chi connectivity index (χ3n) is 2.23. The van der Waals surface area contributed by atoms with Gasteiger partial charge in [-0.15, -0.1) is 0 Å². The molecule has 0 aliphatic rings. The Morgan fingerprint density at radius 1 is 1.41 bits per heavy atom. The van der Waals surface area contributed by atoms with Crippen LogP contribution in [0.3, 0.4) is 0 Å². The molecule has 0 saturated carbocycles. The number of anilines is 1. The normalized spacial score (nSPS) is 10.2. The lowest BCUT2D eigenvalue weighted by Gasteiger charge is -2.03. The van der Waals surface area contributed by atoms with E-state index < -0.39 is 0 Å². The summed E-state index contributed by atoms with van der Waals surface area (Å²) in [7, 11) is 0. The highest BCUT2D eigenvalue weighted by molar-refractivity contribution is 9.10. The number of carbonyl (C=O) groups excluding carboxylic acids is 1. The van der Waals surface area contributed by atoms with Gasteiger partial charge >= 0.3 is 0 Å². The van der Waals surface area contributed by atoms with Crippen molar-refractivity contribution in [2.45, 2.75) is 13.5 Å². The molecule has 4 nitrogen and oxygen atoms in total. The van der Waals surface area contributed by atoms with Gasteiger partial charge in [0, 0.05) is 19.7 Å². The number of nitrogens with zero attached hydrogens (tertiary/aromatic N) is 2. The van der Waals surface area contributed by atoms with E-state index in [4.69, 9.17) is 0 Å². The summed E-state index contributed by atoms with van der Waals surface area (Å²) in [4.78, 5) is 15.1. The van der Waals surface area contributed by atoms with E-state index in [9.17, 15) is 4.79 Å². The van der Waals surface area contributed by atoms with Gasteiger partial charge in [-0.1, -0.05) is 30.3 Å². The topological polar surface area (TPSA) is 46.9 Å². The molecule has 88 valence electrons. The predicted octanol–water partition coefficient (Wildman–Crippen LogP) is 2.65. The summed E-state index contributed by atoms with van der Waals surface area (Å²) in [5.74, 6) is 0.433. The number of carbonyl (C=O) groups is 1. The lowest BCUT2D eigenvalue weighted by Crippen LogP contribution is -2.05. The highest BCUT2D eigenvalue weighted by atomic mass is 79.9. The van der Waals surface area contributed by atoms with Gasteiger partial charge in [0.15, 0.2) is 10.6 Å². The Morgan fingerprint density at radius 3 is 2.76 bits per heavy atom. The van der Waals surface area contributed by atoms with E-state index in [1.165, 1.54) is 12.5 Å². The smallest absolute Gasteiger partial charge is 0.222 e. The number of amides is 1. The first-order valence-electron chi connectivity index (χ1n) is 5.19. The summed E-state index contributed by atoms with van der Waals surface area (Å²) in [5, 5.41) is 2.65. The second-order valence-electron chi connectivity index (χ2n) is 3.69. The van der Waals surface area contributed by atoms with Crippen LogP contribution in [-0.2, 0) is 11.3 Å². The van der Waals surface area contributed by atoms with Crippen LogP contribution in [0.1, 0.15) is 12.5 Å². The minimum absolute atomic E-state index is 0.123. The molecule has 0 radical (unpaired) electrons. The van der Waals surface area contributed by atoms with Crippen molar-refractivity contribution in [3.63, 3.8) is 0 Å². The van der Waals surface area contributed by atoms with Crippen molar-refractivity contribution in [1.82, 2.24) is 9.55 Å². The Labute approximate surface area is 108 Å². The molecule has 0 spiro atoms. The van der Waals surface area contributed by atoms with E-state index in [-0.39, 0.29) is 5.91 Å². The molecule has 2 rings (SSSR count). The second kappa shape index (κ2) is 5.14. The molecule has 0 unspecified atom stereocenters. The molecule has 0 aliphatic heterocycles. The van der Waals surface area contributed by atoms with Crippen LogP contribution in [0.5, 0.6) is 0 Å². The van der Waals surface area contributed by atoms with Gasteiger partial charge in [0.1, 0.15) is 0 Å². The predicted molar refractivity (Wildman–Crippen MR) is 69.8 cm³/mol. The Balaban J connectivity index is 2.16. The summed E-state index contributed by atoms with van der Waals surface area (Å²) < 4.78 is 2.63. The van der Waals surface area contributed by atoms with Crippen molar-refractivity contribution in [3.05, 3.63) is 46.8 Å². The van der Waals surface area contributed by atoms with Crippen molar-refractivity contribution < 1.29 is 4.79 Å². The van der Waals surface area contributed by atoms with Crippen LogP contribution in [0.2, 0.25) is 0 Å². The Bertz CT molecular complexity index is 522. The van der Waals surface area contributed by atoms with Crippen LogP contribution in [-0.4, -0.2) is 15.5 Å². The number of imidazole rings is 1. The lowest BCUT2D eigenvalue weighted by atomic mass is 10.2. The Kier molecular flexibility index (Phi) is 3.58. The third-order valence-corrected chi connectivity index (χ3v) is 2.86. The Morgan fingerprint density at radius 2 is 2.12 bits per heavy atom. The molecule has 1 amide bonds. The first-order valence-corrected chi connectivity index (χ1v) is 5.98. The van der Waals surface area contributed by atoms with E-state index >= 15 is 0 Å². The van der Waals surface area contributed by atoms with Crippen molar-refractivity contribution in [3.8, 4) is 0 Å². The monoisotopic (exact) mass is 293 g/mol. The quantitative estimate of drug-likeness (QED) is 0.946. The molecule has 1 N–H and O–H groups in total. The average molecular weight is 294 g/mol. The van der Waals surface area contributed by atoms with E-state index in [0.717, 1.165) is 0 Å². The van der Waals surface area contributed by atoms with Gasteiger partial charge in [-0.3, -0.25) is 4.79 Å². The largest absolute Gasteiger partial charge is 0.319 e. The molecule has 0 saturated heterocycles. The number of rotatable bonds is 3. The van der Waals surface area contributed by atoms with E-state index in [1.807, 2.05) is 34.9 Å². The molecule has 5 heteroatoms. The standard InChI is InChI=1S/C12H12BrN3O/c1-9(17)14-11-8-16(12(13)15-11)7-10-5-3-2-4-6-10/h2-6,8H,7H2,1H3,(H,14,17). The summed E-state index contributed by atoms with van der Waals surface area (Å²) in [6.45, 7) is 2.18. The van der Waals surface area contributed by atoms with Gasteiger partial charge in [0.2, 0.25) is 5.91 Å². The van der Waals surface area contributed by atoms with Crippen LogP contribution in [0.4, 0.5) is 5.82 Å². The number of nitrogens with one attached hydrogen (secondary N) is 1. The fourth-order valence-corrected chi connectivity index (χ4v) is 1.94. The van der Waals surface area contributed by atoms with E-state index in [0.29, 0.717) is 17.1 Å². The minimum Gasteiger partial charge on any atom is -0.319 e. The number of aromatic nitrogens is 2. The summed E-state index contributed by atoms with van der Waals surface area (Å²) >= 11 is 3.37. The van der Waals surface area contributed by atoms with Crippen molar-refractivity contribution in [1.29, 1.82) is 0 Å². The molecule has 0 bridgehead atoms. The van der Waals surface area contributed by atoms with Crippen LogP contribution in [0.25, 0.3) is 0 Å². The Hall–Kier alpha value is -1.62. The molecule has 0 atom stereocenters. The average Bonchev–Trinajstić information content (AvgIpc) is 2.59. The highest BCUT2D eigenvalue weighted by Crippen LogP contribution is 2.16. The molecule has 2 aromatic rings. The van der Waals surface area contributed by atoms with Gasteiger partial charge in [-0.05, 0) is 21.5 Å². The number of halogens is 1. The van der Waals surface area contributed by atoms with Crippen molar-refractivity contribution in [2.24, 2.45) is 0 Å². The molecular weight excluding hydrogens is 282 g/mol. The number of hydrogen-bond acceptors (Lipinski definition) is 2. The molecule has 17 heavy (non-hydrogen) atoms. The zero-order valence-electron chi connectivity index (χ0n) is 9.35. The van der Waals surface area contributed by atoms with Gasteiger partial charge in [0.25, 0.3) is 0 Å². The van der Waals surface area contributed by atoms with E-state index in [1.54, 1.807) is 6.20 Å². The molecule has 1 aromatic carbocycles. The maximum Gasteiger partial charge on any atom is 0.222 e. The SMILES string of the molecule is CC(=O)Nc1cn(Cc2ccccc2)c(Br)n1. The fourth-order valence-electron chi connectivity index (χ4n) is 1.52.